The number of hydrogen-bond acceptors (Lipinski definition) is 2. The average molecular weight is 247 g/mol. The van der Waals surface area contributed by atoms with Gasteiger partial charge in [-0.15, -0.1) is 0 Å². The van der Waals surface area contributed by atoms with Gasteiger partial charge in [-0.25, -0.2) is 0 Å². The summed E-state index contributed by atoms with van der Waals surface area (Å²) in [5, 5.41) is 0. The van der Waals surface area contributed by atoms with Crippen molar-refractivity contribution < 1.29 is 4.74 Å². The molecule has 1 saturated carbocycles. The molecule has 100 valence electrons. The van der Waals surface area contributed by atoms with Crippen molar-refractivity contribution in [3.05, 3.63) is 24.3 Å². The minimum Gasteiger partial charge on any atom is -0.490 e. The van der Waals surface area contributed by atoms with Gasteiger partial charge >= 0.3 is 0 Å². The van der Waals surface area contributed by atoms with Crippen LogP contribution in [0.1, 0.15) is 46.0 Å². The van der Waals surface area contributed by atoms with E-state index in [1.54, 1.807) is 0 Å². The van der Waals surface area contributed by atoms with Crippen LogP contribution in [0, 0.1) is 11.8 Å². The summed E-state index contributed by atoms with van der Waals surface area (Å²) in [4.78, 5) is 0. The summed E-state index contributed by atoms with van der Waals surface area (Å²) in [7, 11) is 0. The molecular formula is C16H25NO. The summed E-state index contributed by atoms with van der Waals surface area (Å²) in [5.41, 5.74) is 6.49. The Morgan fingerprint density at radius 1 is 1.17 bits per heavy atom. The van der Waals surface area contributed by atoms with Crippen molar-refractivity contribution in [1.82, 2.24) is 0 Å². The molecule has 0 radical (unpaired) electrons. The van der Waals surface area contributed by atoms with Crippen LogP contribution in [0.15, 0.2) is 24.3 Å². The third-order valence-electron chi connectivity index (χ3n) is 3.78. The van der Waals surface area contributed by atoms with Gasteiger partial charge in [0.05, 0.1) is 0 Å². The zero-order chi connectivity index (χ0) is 13.0. The molecule has 0 saturated heterocycles. The first-order chi connectivity index (χ1) is 8.65. The third kappa shape index (κ3) is 3.66. The molecule has 0 bridgehead atoms. The maximum absolute atomic E-state index is 6.17. The molecule has 1 aromatic rings. The van der Waals surface area contributed by atoms with Crippen molar-refractivity contribution in [2.75, 3.05) is 5.73 Å². The number of nitrogen functional groups attached to an aromatic ring is 1. The van der Waals surface area contributed by atoms with E-state index >= 15 is 0 Å². The van der Waals surface area contributed by atoms with Crippen molar-refractivity contribution in [1.29, 1.82) is 0 Å². The monoisotopic (exact) mass is 247 g/mol. The molecule has 0 amide bonds. The predicted octanol–water partition coefficient (Wildman–Crippen LogP) is 4.25. The van der Waals surface area contributed by atoms with Gasteiger partial charge in [-0.3, -0.25) is 0 Å². The molecule has 1 aliphatic rings. The van der Waals surface area contributed by atoms with Gasteiger partial charge in [0, 0.05) is 5.69 Å². The Balaban J connectivity index is 1.98. The highest BCUT2D eigenvalue weighted by molar-refractivity contribution is 5.41. The summed E-state index contributed by atoms with van der Waals surface area (Å²) >= 11 is 0. The normalized spacial score (nSPS) is 24.2. The van der Waals surface area contributed by atoms with Gasteiger partial charge in [-0.05, 0) is 61.8 Å². The lowest BCUT2D eigenvalue weighted by Gasteiger charge is -2.33. The van der Waals surface area contributed by atoms with Gasteiger partial charge < -0.3 is 10.5 Å². The Labute approximate surface area is 111 Å². The van der Waals surface area contributed by atoms with Crippen LogP contribution in [0.4, 0.5) is 5.69 Å². The highest BCUT2D eigenvalue weighted by atomic mass is 16.5. The number of hydrogen-bond donors (Lipinski definition) is 1. The Kier molecular flexibility index (Phi) is 4.51. The maximum atomic E-state index is 6.17. The maximum Gasteiger partial charge on any atom is 0.119 e. The second-order valence-electron chi connectivity index (χ2n) is 5.90. The highest BCUT2D eigenvalue weighted by Gasteiger charge is 2.27. The molecule has 2 atom stereocenters. The van der Waals surface area contributed by atoms with Gasteiger partial charge in [0.1, 0.15) is 11.9 Å². The van der Waals surface area contributed by atoms with E-state index in [1.165, 1.54) is 32.1 Å². The van der Waals surface area contributed by atoms with Crippen LogP contribution in [-0.4, -0.2) is 6.10 Å². The molecule has 1 fully saturated rings. The van der Waals surface area contributed by atoms with Crippen LogP contribution in [0.25, 0.3) is 0 Å². The minimum absolute atomic E-state index is 0.393. The summed E-state index contributed by atoms with van der Waals surface area (Å²) in [6, 6.07) is 7.79. The van der Waals surface area contributed by atoms with Crippen molar-refractivity contribution in [2.24, 2.45) is 11.8 Å². The molecule has 18 heavy (non-hydrogen) atoms. The lowest BCUT2D eigenvalue weighted by atomic mass is 9.81. The van der Waals surface area contributed by atoms with Crippen LogP contribution in [0.2, 0.25) is 0 Å². The fraction of sp³-hybridized carbons (Fsp3) is 0.625. The molecule has 0 aromatic heterocycles. The second kappa shape index (κ2) is 6.12. The molecule has 0 heterocycles. The molecule has 1 aromatic carbocycles. The van der Waals surface area contributed by atoms with Gasteiger partial charge in [0.25, 0.3) is 0 Å². The van der Waals surface area contributed by atoms with Gasteiger partial charge in [0.15, 0.2) is 0 Å². The fourth-order valence-corrected chi connectivity index (χ4v) is 2.93. The van der Waals surface area contributed by atoms with Gasteiger partial charge in [-0.1, -0.05) is 20.3 Å². The molecule has 2 unspecified atom stereocenters. The Hall–Kier alpha value is -1.18. The number of nitrogens with two attached hydrogens (primary N) is 1. The van der Waals surface area contributed by atoms with Gasteiger partial charge in [0.2, 0.25) is 0 Å². The Bertz CT molecular complexity index is 358. The Morgan fingerprint density at radius 2 is 1.83 bits per heavy atom. The standard InChI is InChI=1S/C16H25NO/c1-12(2)11-13-5-3-4-6-16(13)18-15-9-7-14(17)8-10-15/h7-10,12-13,16H,3-6,11,17H2,1-2H3. The Morgan fingerprint density at radius 3 is 2.50 bits per heavy atom. The van der Waals surface area contributed by atoms with Crippen LogP contribution in [0.3, 0.4) is 0 Å². The van der Waals surface area contributed by atoms with E-state index in [0.717, 1.165) is 23.3 Å². The molecule has 0 spiro atoms. The second-order valence-corrected chi connectivity index (χ2v) is 5.90. The minimum atomic E-state index is 0.393. The van der Waals surface area contributed by atoms with Crippen LogP contribution >= 0.6 is 0 Å². The lowest BCUT2D eigenvalue weighted by Crippen LogP contribution is -2.31. The van der Waals surface area contributed by atoms with Gasteiger partial charge in [-0.2, -0.15) is 0 Å². The van der Waals surface area contributed by atoms with E-state index in [2.05, 4.69) is 13.8 Å². The smallest absolute Gasteiger partial charge is 0.119 e. The average Bonchev–Trinajstić information content (AvgIpc) is 2.34. The first kappa shape index (κ1) is 13.3. The highest BCUT2D eigenvalue weighted by Crippen LogP contribution is 2.32. The number of benzene rings is 1. The summed E-state index contributed by atoms with van der Waals surface area (Å²) < 4.78 is 6.17. The number of rotatable bonds is 4. The molecule has 2 N–H and O–H groups in total. The molecule has 2 rings (SSSR count). The first-order valence-electron chi connectivity index (χ1n) is 7.17. The van der Waals surface area contributed by atoms with Crippen LogP contribution in [0.5, 0.6) is 5.75 Å². The van der Waals surface area contributed by atoms with E-state index in [1.807, 2.05) is 24.3 Å². The predicted molar refractivity (Wildman–Crippen MR) is 76.7 cm³/mol. The largest absolute Gasteiger partial charge is 0.490 e. The van der Waals surface area contributed by atoms with Crippen molar-refractivity contribution in [3.8, 4) is 5.75 Å². The van der Waals surface area contributed by atoms with Crippen LogP contribution in [-0.2, 0) is 0 Å². The van der Waals surface area contributed by atoms with Crippen molar-refractivity contribution in [2.45, 2.75) is 52.1 Å². The third-order valence-corrected chi connectivity index (χ3v) is 3.78. The van der Waals surface area contributed by atoms with E-state index in [4.69, 9.17) is 10.5 Å². The van der Waals surface area contributed by atoms with Crippen LogP contribution < -0.4 is 10.5 Å². The summed E-state index contributed by atoms with van der Waals surface area (Å²) in [6.07, 6.45) is 6.84. The quantitative estimate of drug-likeness (QED) is 0.807. The summed E-state index contributed by atoms with van der Waals surface area (Å²) in [6.45, 7) is 4.60. The molecule has 2 heteroatoms. The van der Waals surface area contributed by atoms with E-state index in [-0.39, 0.29) is 0 Å². The van der Waals surface area contributed by atoms with Crippen molar-refractivity contribution in [3.63, 3.8) is 0 Å². The number of ether oxygens (including phenoxy) is 1. The topological polar surface area (TPSA) is 35.2 Å². The van der Waals surface area contributed by atoms with E-state index < -0.39 is 0 Å². The molecule has 1 aliphatic carbocycles. The van der Waals surface area contributed by atoms with Crippen molar-refractivity contribution >= 4 is 5.69 Å². The first-order valence-corrected chi connectivity index (χ1v) is 7.17. The molecule has 2 nitrogen and oxygen atoms in total. The van der Waals surface area contributed by atoms with E-state index in [0.29, 0.717) is 6.10 Å². The lowest BCUT2D eigenvalue weighted by molar-refractivity contribution is 0.0801. The van der Waals surface area contributed by atoms with E-state index in [9.17, 15) is 0 Å². The summed E-state index contributed by atoms with van der Waals surface area (Å²) in [5.74, 6) is 2.44. The fourth-order valence-electron chi connectivity index (χ4n) is 2.93. The molecular weight excluding hydrogens is 222 g/mol. The number of anilines is 1. The molecule has 0 aliphatic heterocycles. The zero-order valence-corrected chi connectivity index (χ0v) is 11.6. The SMILES string of the molecule is CC(C)CC1CCCCC1Oc1ccc(N)cc1. The zero-order valence-electron chi connectivity index (χ0n) is 11.6.